The lowest BCUT2D eigenvalue weighted by molar-refractivity contribution is 0.355. The van der Waals surface area contributed by atoms with Gasteiger partial charge in [-0.05, 0) is 61.7 Å². The number of piperidine rings is 1. The standard InChI is InChI=1S/C19H26N4OS/c1-13-8-14(2)12-23(11-13)18-7-5-16(9-20-18)22-19(25)21-10-17-6-4-15(3)24-17/h4-7,9,13-14H,8,10-12H2,1-3H3,(H2,21,22,25)/t13-,14-/m0/s1. The van der Waals surface area contributed by atoms with Gasteiger partial charge in [0.2, 0.25) is 0 Å². The quantitative estimate of drug-likeness (QED) is 0.807. The number of hydrogen-bond donors (Lipinski definition) is 2. The molecule has 134 valence electrons. The first-order valence-corrected chi connectivity index (χ1v) is 9.21. The monoisotopic (exact) mass is 358 g/mol. The molecule has 25 heavy (non-hydrogen) atoms. The van der Waals surface area contributed by atoms with Crippen LogP contribution in [0.2, 0.25) is 0 Å². The van der Waals surface area contributed by atoms with Gasteiger partial charge >= 0.3 is 0 Å². The van der Waals surface area contributed by atoms with Crippen molar-refractivity contribution in [1.82, 2.24) is 10.3 Å². The molecule has 3 rings (SSSR count). The zero-order chi connectivity index (χ0) is 17.8. The van der Waals surface area contributed by atoms with Gasteiger partial charge in [0, 0.05) is 13.1 Å². The van der Waals surface area contributed by atoms with Gasteiger partial charge in [0.1, 0.15) is 17.3 Å². The van der Waals surface area contributed by atoms with Crippen LogP contribution in [0.25, 0.3) is 0 Å². The van der Waals surface area contributed by atoms with Gasteiger partial charge < -0.3 is 20.0 Å². The van der Waals surface area contributed by atoms with E-state index in [0.29, 0.717) is 23.5 Å². The highest BCUT2D eigenvalue weighted by atomic mass is 32.1. The summed E-state index contributed by atoms with van der Waals surface area (Å²) < 4.78 is 5.52. The van der Waals surface area contributed by atoms with Crippen molar-refractivity contribution >= 4 is 28.8 Å². The van der Waals surface area contributed by atoms with Crippen molar-refractivity contribution in [3.05, 3.63) is 42.0 Å². The molecule has 3 heterocycles. The smallest absolute Gasteiger partial charge is 0.171 e. The predicted molar refractivity (Wildman–Crippen MR) is 106 cm³/mol. The molecule has 0 spiro atoms. The lowest BCUT2D eigenvalue weighted by atomic mass is 9.92. The maximum absolute atomic E-state index is 5.52. The fourth-order valence-electron chi connectivity index (χ4n) is 3.42. The van der Waals surface area contributed by atoms with Crippen molar-refractivity contribution in [2.45, 2.75) is 33.7 Å². The average molecular weight is 359 g/mol. The SMILES string of the molecule is Cc1ccc(CNC(=S)Nc2ccc(N3C[C@@H](C)C[C@H](C)C3)nc2)o1. The Morgan fingerprint density at radius 2 is 2.00 bits per heavy atom. The highest BCUT2D eigenvalue weighted by Crippen LogP contribution is 2.25. The normalized spacial score (nSPS) is 20.4. The highest BCUT2D eigenvalue weighted by Gasteiger charge is 2.22. The first-order valence-electron chi connectivity index (χ1n) is 8.81. The number of rotatable bonds is 4. The van der Waals surface area contributed by atoms with Crippen LogP contribution in [-0.4, -0.2) is 23.2 Å². The van der Waals surface area contributed by atoms with E-state index in [0.717, 1.165) is 36.1 Å². The van der Waals surface area contributed by atoms with E-state index in [4.69, 9.17) is 16.6 Å². The summed E-state index contributed by atoms with van der Waals surface area (Å²) in [6.07, 6.45) is 3.13. The fraction of sp³-hybridized carbons (Fsp3) is 0.474. The lowest BCUT2D eigenvalue weighted by Crippen LogP contribution is -2.39. The summed E-state index contributed by atoms with van der Waals surface area (Å²) in [6, 6.07) is 7.98. The molecule has 2 aromatic heterocycles. The summed E-state index contributed by atoms with van der Waals surface area (Å²) in [4.78, 5) is 6.98. The number of thiocarbonyl (C=S) groups is 1. The summed E-state index contributed by atoms with van der Waals surface area (Å²) in [5.41, 5.74) is 0.884. The zero-order valence-electron chi connectivity index (χ0n) is 15.1. The number of pyridine rings is 1. The Morgan fingerprint density at radius 1 is 1.24 bits per heavy atom. The molecule has 6 heteroatoms. The third-order valence-corrected chi connectivity index (χ3v) is 4.66. The molecule has 0 unspecified atom stereocenters. The summed E-state index contributed by atoms with van der Waals surface area (Å²) in [6.45, 7) is 9.26. The Labute approximate surface area is 154 Å². The summed E-state index contributed by atoms with van der Waals surface area (Å²) in [7, 11) is 0. The third kappa shape index (κ3) is 4.95. The van der Waals surface area contributed by atoms with Crippen molar-refractivity contribution in [2.24, 2.45) is 11.8 Å². The Hall–Kier alpha value is -2.08. The van der Waals surface area contributed by atoms with Gasteiger partial charge in [-0.3, -0.25) is 0 Å². The van der Waals surface area contributed by atoms with E-state index >= 15 is 0 Å². The maximum atomic E-state index is 5.52. The Balaban J connectivity index is 1.52. The van der Waals surface area contributed by atoms with Crippen LogP contribution >= 0.6 is 12.2 Å². The molecule has 5 nitrogen and oxygen atoms in total. The van der Waals surface area contributed by atoms with E-state index in [-0.39, 0.29) is 0 Å². The second-order valence-corrected chi connectivity index (χ2v) is 7.48. The molecule has 0 aliphatic carbocycles. The predicted octanol–water partition coefficient (Wildman–Crippen LogP) is 3.95. The Bertz CT molecular complexity index is 702. The summed E-state index contributed by atoms with van der Waals surface area (Å²) >= 11 is 5.33. The topological polar surface area (TPSA) is 53.3 Å². The second kappa shape index (κ2) is 7.87. The Kier molecular flexibility index (Phi) is 5.58. The molecule has 0 radical (unpaired) electrons. The van der Waals surface area contributed by atoms with E-state index in [2.05, 4.69) is 40.4 Å². The third-order valence-electron chi connectivity index (χ3n) is 4.42. The number of aromatic nitrogens is 1. The molecule has 0 bridgehead atoms. The molecule has 0 amide bonds. The molecule has 0 aromatic carbocycles. The van der Waals surface area contributed by atoms with Crippen LogP contribution in [0.5, 0.6) is 0 Å². The molecule has 2 atom stereocenters. The van der Waals surface area contributed by atoms with E-state index < -0.39 is 0 Å². The summed E-state index contributed by atoms with van der Waals surface area (Å²) in [5.74, 6) is 4.23. The summed E-state index contributed by atoms with van der Waals surface area (Å²) in [5, 5.41) is 6.86. The van der Waals surface area contributed by atoms with E-state index in [1.54, 1.807) is 0 Å². The van der Waals surface area contributed by atoms with Gasteiger partial charge in [0.25, 0.3) is 0 Å². The number of hydrogen-bond acceptors (Lipinski definition) is 4. The van der Waals surface area contributed by atoms with Gasteiger partial charge in [-0.2, -0.15) is 0 Å². The number of anilines is 2. The van der Waals surface area contributed by atoms with Crippen LogP contribution in [0.15, 0.2) is 34.9 Å². The van der Waals surface area contributed by atoms with Crippen LogP contribution < -0.4 is 15.5 Å². The van der Waals surface area contributed by atoms with Crippen molar-refractivity contribution < 1.29 is 4.42 Å². The molecule has 2 N–H and O–H groups in total. The first kappa shape index (κ1) is 17.7. The minimum atomic E-state index is 0.559. The van der Waals surface area contributed by atoms with Gasteiger partial charge in [0.05, 0.1) is 18.4 Å². The van der Waals surface area contributed by atoms with Gasteiger partial charge in [-0.15, -0.1) is 0 Å². The number of nitrogens with zero attached hydrogens (tertiary/aromatic N) is 2. The van der Waals surface area contributed by atoms with E-state index in [1.807, 2.05) is 31.3 Å². The number of aryl methyl sites for hydroxylation is 1. The van der Waals surface area contributed by atoms with Gasteiger partial charge in [-0.25, -0.2) is 4.98 Å². The van der Waals surface area contributed by atoms with Crippen LogP contribution in [0.1, 0.15) is 31.8 Å². The molecular formula is C19H26N4OS. The first-order chi connectivity index (χ1) is 12.0. The van der Waals surface area contributed by atoms with Crippen molar-refractivity contribution in [3.8, 4) is 0 Å². The molecule has 1 saturated heterocycles. The number of nitrogens with one attached hydrogen (secondary N) is 2. The van der Waals surface area contributed by atoms with Crippen LogP contribution in [-0.2, 0) is 6.54 Å². The fourth-order valence-corrected chi connectivity index (χ4v) is 3.61. The van der Waals surface area contributed by atoms with Gasteiger partial charge in [0.15, 0.2) is 5.11 Å². The van der Waals surface area contributed by atoms with E-state index in [1.165, 1.54) is 6.42 Å². The molecular weight excluding hydrogens is 332 g/mol. The van der Waals surface area contributed by atoms with Crippen molar-refractivity contribution in [3.63, 3.8) is 0 Å². The van der Waals surface area contributed by atoms with Crippen molar-refractivity contribution in [2.75, 3.05) is 23.3 Å². The Morgan fingerprint density at radius 3 is 2.60 bits per heavy atom. The highest BCUT2D eigenvalue weighted by molar-refractivity contribution is 7.80. The molecule has 1 fully saturated rings. The molecule has 1 aliphatic heterocycles. The average Bonchev–Trinajstić information content (AvgIpc) is 2.98. The molecule has 0 saturated carbocycles. The molecule has 2 aromatic rings. The molecule has 1 aliphatic rings. The van der Waals surface area contributed by atoms with Crippen LogP contribution in [0, 0.1) is 18.8 Å². The minimum absolute atomic E-state index is 0.559. The van der Waals surface area contributed by atoms with Crippen LogP contribution in [0.3, 0.4) is 0 Å². The van der Waals surface area contributed by atoms with Crippen molar-refractivity contribution in [1.29, 1.82) is 0 Å². The van der Waals surface area contributed by atoms with Gasteiger partial charge in [-0.1, -0.05) is 13.8 Å². The maximum Gasteiger partial charge on any atom is 0.171 e. The number of furan rings is 1. The van der Waals surface area contributed by atoms with Crippen LogP contribution in [0.4, 0.5) is 11.5 Å². The minimum Gasteiger partial charge on any atom is -0.465 e. The second-order valence-electron chi connectivity index (χ2n) is 7.08. The van der Waals surface area contributed by atoms with E-state index in [9.17, 15) is 0 Å². The lowest BCUT2D eigenvalue weighted by Gasteiger charge is -2.35. The largest absolute Gasteiger partial charge is 0.465 e. The zero-order valence-corrected chi connectivity index (χ0v) is 15.9.